The topological polar surface area (TPSA) is 118 Å². The lowest BCUT2D eigenvalue weighted by Crippen LogP contribution is -2.26. The van der Waals surface area contributed by atoms with E-state index in [1.165, 1.54) is 12.1 Å². The standard InChI is InChI=1S/C7H8N4O2/c8-3-1-4(9)6-5(2-3)13-11(12)7(6)10/h1-2H,8-10H2. The lowest BCUT2D eigenvalue weighted by Gasteiger charge is -1.96. The van der Waals surface area contributed by atoms with Crippen LogP contribution in [0.2, 0.25) is 0 Å². The Morgan fingerprint density at radius 3 is 2.62 bits per heavy atom. The van der Waals surface area contributed by atoms with Crippen molar-refractivity contribution < 1.29 is 9.43 Å². The first kappa shape index (κ1) is 7.53. The molecule has 13 heavy (non-hydrogen) atoms. The predicted molar refractivity (Wildman–Crippen MR) is 48.4 cm³/mol. The highest BCUT2D eigenvalue weighted by atomic mass is 16.7. The first-order chi connectivity index (χ1) is 6.09. The Morgan fingerprint density at radius 2 is 1.92 bits per heavy atom. The minimum Gasteiger partial charge on any atom is -0.439 e. The minimum absolute atomic E-state index is 0.0486. The average Bonchev–Trinajstić information content (AvgIpc) is 2.27. The number of fused-ring (bicyclic) bond motifs is 1. The third-order valence-corrected chi connectivity index (χ3v) is 1.79. The van der Waals surface area contributed by atoms with Crippen molar-refractivity contribution in [1.29, 1.82) is 0 Å². The molecule has 2 aromatic rings. The van der Waals surface area contributed by atoms with Crippen molar-refractivity contribution in [3.8, 4) is 0 Å². The van der Waals surface area contributed by atoms with Crippen molar-refractivity contribution >= 4 is 28.2 Å². The Kier molecular flexibility index (Phi) is 1.27. The molecule has 0 aliphatic carbocycles. The lowest BCUT2D eigenvalue weighted by atomic mass is 10.2. The van der Waals surface area contributed by atoms with E-state index in [9.17, 15) is 5.21 Å². The number of benzene rings is 1. The summed E-state index contributed by atoms with van der Waals surface area (Å²) in [7, 11) is 0. The maximum atomic E-state index is 10.9. The average molecular weight is 180 g/mol. The summed E-state index contributed by atoms with van der Waals surface area (Å²) < 4.78 is 4.74. The summed E-state index contributed by atoms with van der Waals surface area (Å²) in [6, 6.07) is 3.02. The van der Waals surface area contributed by atoms with Crippen molar-refractivity contribution in [2.24, 2.45) is 0 Å². The second-order valence-corrected chi connectivity index (χ2v) is 2.72. The van der Waals surface area contributed by atoms with Crippen LogP contribution in [0, 0.1) is 5.21 Å². The fourth-order valence-corrected chi connectivity index (χ4v) is 1.24. The van der Waals surface area contributed by atoms with Crippen LogP contribution < -0.4 is 22.1 Å². The van der Waals surface area contributed by atoms with Crippen molar-refractivity contribution in [3.63, 3.8) is 0 Å². The number of rotatable bonds is 0. The van der Waals surface area contributed by atoms with Crippen LogP contribution in [-0.4, -0.2) is 0 Å². The largest absolute Gasteiger partial charge is 0.439 e. The van der Waals surface area contributed by atoms with Crippen LogP contribution >= 0.6 is 0 Å². The van der Waals surface area contributed by atoms with E-state index >= 15 is 0 Å². The first-order valence-electron chi connectivity index (χ1n) is 3.56. The van der Waals surface area contributed by atoms with Crippen molar-refractivity contribution in [3.05, 3.63) is 17.3 Å². The summed E-state index contributed by atoms with van der Waals surface area (Å²) in [6.45, 7) is 0. The van der Waals surface area contributed by atoms with Gasteiger partial charge in [0.25, 0.3) is 0 Å². The molecule has 0 bridgehead atoms. The number of anilines is 3. The third-order valence-electron chi connectivity index (χ3n) is 1.79. The second-order valence-electron chi connectivity index (χ2n) is 2.72. The molecule has 1 aromatic heterocycles. The van der Waals surface area contributed by atoms with E-state index < -0.39 is 0 Å². The molecular formula is C7H8N4O2. The van der Waals surface area contributed by atoms with Gasteiger partial charge < -0.3 is 21.2 Å². The SMILES string of the molecule is Nc1cc(N)c2c(N)[n+]([O-])oc2c1. The molecule has 2 rings (SSSR count). The van der Waals surface area contributed by atoms with E-state index in [0.717, 1.165) is 0 Å². The molecule has 0 radical (unpaired) electrons. The van der Waals surface area contributed by atoms with Gasteiger partial charge in [0.1, 0.15) is 5.39 Å². The molecule has 1 aromatic carbocycles. The Bertz CT molecular complexity index is 477. The highest BCUT2D eigenvalue weighted by Gasteiger charge is 2.13. The highest BCUT2D eigenvalue weighted by Crippen LogP contribution is 2.27. The number of nitrogens with two attached hydrogens (primary N) is 3. The molecule has 68 valence electrons. The Morgan fingerprint density at radius 1 is 1.23 bits per heavy atom. The monoisotopic (exact) mass is 180 g/mol. The summed E-state index contributed by atoms with van der Waals surface area (Å²) in [5.41, 5.74) is 17.6. The zero-order valence-electron chi connectivity index (χ0n) is 6.65. The lowest BCUT2D eigenvalue weighted by molar-refractivity contribution is -0.776. The summed E-state index contributed by atoms with van der Waals surface area (Å²) in [5, 5.41) is 11.3. The number of hydrogen-bond donors (Lipinski definition) is 3. The Labute approximate surface area is 73.1 Å². The van der Waals surface area contributed by atoms with Crippen LogP contribution in [0.4, 0.5) is 17.2 Å². The fourth-order valence-electron chi connectivity index (χ4n) is 1.24. The zero-order chi connectivity index (χ0) is 9.59. The van der Waals surface area contributed by atoms with Gasteiger partial charge in [-0.25, -0.2) is 0 Å². The van der Waals surface area contributed by atoms with Gasteiger partial charge in [0.15, 0.2) is 0 Å². The minimum atomic E-state index is -0.0486. The third kappa shape index (κ3) is 0.919. The molecule has 6 N–H and O–H groups in total. The normalized spacial score (nSPS) is 10.8. The second kappa shape index (κ2) is 2.19. The zero-order valence-corrected chi connectivity index (χ0v) is 6.65. The molecule has 0 fully saturated rings. The van der Waals surface area contributed by atoms with E-state index in [2.05, 4.69) is 0 Å². The molecule has 6 nitrogen and oxygen atoms in total. The molecule has 0 unspecified atom stereocenters. The first-order valence-corrected chi connectivity index (χ1v) is 3.56. The number of nitrogen functional groups attached to an aromatic ring is 3. The van der Waals surface area contributed by atoms with Gasteiger partial charge in [-0.2, -0.15) is 0 Å². The van der Waals surface area contributed by atoms with Crippen LogP contribution in [0.15, 0.2) is 16.7 Å². The van der Waals surface area contributed by atoms with Gasteiger partial charge in [0, 0.05) is 5.69 Å². The summed E-state index contributed by atoms with van der Waals surface area (Å²) in [5.74, 6) is -0.0486. The van der Waals surface area contributed by atoms with E-state index in [-0.39, 0.29) is 10.7 Å². The van der Waals surface area contributed by atoms with E-state index in [0.29, 0.717) is 22.3 Å². The highest BCUT2D eigenvalue weighted by molar-refractivity contribution is 5.98. The Hall–Kier alpha value is -2.11. The number of aromatic nitrogens is 1. The van der Waals surface area contributed by atoms with E-state index in [1.807, 2.05) is 0 Å². The van der Waals surface area contributed by atoms with Crippen molar-refractivity contribution in [2.75, 3.05) is 17.2 Å². The molecule has 1 heterocycles. The molecule has 0 spiro atoms. The van der Waals surface area contributed by atoms with Gasteiger partial charge in [-0.15, -0.1) is 0 Å². The predicted octanol–water partition coefficient (Wildman–Crippen LogP) is -0.187. The smallest absolute Gasteiger partial charge is 0.324 e. The maximum absolute atomic E-state index is 10.9. The van der Waals surface area contributed by atoms with Crippen LogP contribution in [0.5, 0.6) is 0 Å². The van der Waals surface area contributed by atoms with Crippen LogP contribution in [-0.2, 0) is 0 Å². The molecule has 0 atom stereocenters. The van der Waals surface area contributed by atoms with Gasteiger partial charge >= 0.3 is 5.82 Å². The van der Waals surface area contributed by atoms with Gasteiger partial charge in [0.2, 0.25) is 0 Å². The van der Waals surface area contributed by atoms with Crippen LogP contribution in [0.3, 0.4) is 0 Å². The molecule has 0 saturated carbocycles. The van der Waals surface area contributed by atoms with Crippen molar-refractivity contribution in [2.45, 2.75) is 0 Å². The van der Waals surface area contributed by atoms with Crippen LogP contribution in [0.1, 0.15) is 0 Å². The van der Waals surface area contributed by atoms with Crippen LogP contribution in [0.25, 0.3) is 11.0 Å². The Balaban J connectivity index is 2.94. The van der Waals surface area contributed by atoms with Gasteiger partial charge in [-0.1, -0.05) is 0 Å². The quantitative estimate of drug-likeness (QED) is 0.383. The summed E-state index contributed by atoms with van der Waals surface area (Å²) in [4.78, 5) is 0.209. The van der Waals surface area contributed by atoms with Gasteiger partial charge in [-0.3, -0.25) is 5.73 Å². The molecule has 6 heteroatoms. The molecule has 0 amide bonds. The summed E-state index contributed by atoms with van der Waals surface area (Å²) in [6.07, 6.45) is 0. The van der Waals surface area contributed by atoms with E-state index in [4.69, 9.17) is 21.7 Å². The molecule has 0 aliphatic rings. The number of hydrogen-bond acceptors (Lipinski definition) is 5. The van der Waals surface area contributed by atoms with Gasteiger partial charge in [-0.05, 0) is 17.0 Å². The van der Waals surface area contributed by atoms with Crippen molar-refractivity contribution in [1.82, 2.24) is 0 Å². The molecular weight excluding hydrogens is 172 g/mol. The van der Waals surface area contributed by atoms with Gasteiger partial charge in [0.05, 0.1) is 11.3 Å². The molecule has 0 saturated heterocycles. The van der Waals surface area contributed by atoms with E-state index in [1.54, 1.807) is 0 Å². The maximum Gasteiger partial charge on any atom is 0.324 e. The fraction of sp³-hybridized carbons (Fsp3) is 0. The molecule has 0 aliphatic heterocycles. The summed E-state index contributed by atoms with van der Waals surface area (Å²) >= 11 is 0. The number of nitrogens with zero attached hydrogens (tertiary/aromatic N) is 1.